The van der Waals surface area contributed by atoms with Gasteiger partial charge < -0.3 is 15.0 Å². The highest BCUT2D eigenvalue weighted by molar-refractivity contribution is 5.82. The number of hydrogen-bond acceptors (Lipinski definition) is 4. The van der Waals surface area contributed by atoms with Crippen molar-refractivity contribution in [3.63, 3.8) is 0 Å². The number of halogens is 2. The van der Waals surface area contributed by atoms with Crippen molar-refractivity contribution in [1.29, 1.82) is 0 Å². The first-order valence-corrected chi connectivity index (χ1v) is 7.52. The summed E-state index contributed by atoms with van der Waals surface area (Å²) >= 11 is 0. The number of alkyl halides is 2. The van der Waals surface area contributed by atoms with Crippen LogP contribution in [-0.4, -0.2) is 40.4 Å². The van der Waals surface area contributed by atoms with Crippen LogP contribution in [0.4, 0.5) is 8.78 Å². The Morgan fingerprint density at radius 1 is 1.29 bits per heavy atom. The van der Waals surface area contributed by atoms with Crippen molar-refractivity contribution in [1.82, 2.24) is 0 Å². The predicted molar refractivity (Wildman–Crippen MR) is 73.0 cm³/mol. The molecule has 1 rings (SSSR count). The Bertz CT molecular complexity index is 360. The summed E-state index contributed by atoms with van der Waals surface area (Å²) in [5.74, 6) is -4.93. The minimum absolute atomic E-state index is 0.0150. The minimum Gasteiger partial charge on any atom is -0.393 e. The molecule has 0 spiro atoms. The van der Waals surface area contributed by atoms with E-state index < -0.39 is 42.2 Å². The molecule has 1 aliphatic carbocycles. The Hall–Kier alpha value is -0.880. The Kier molecular flexibility index (Phi) is 6.87. The zero-order valence-electron chi connectivity index (χ0n) is 12.3. The van der Waals surface area contributed by atoms with Gasteiger partial charge in [0.1, 0.15) is 12.1 Å². The van der Waals surface area contributed by atoms with Crippen LogP contribution in [0.3, 0.4) is 0 Å². The number of carbonyl (C=O) groups excluding carboxylic acids is 2. The summed E-state index contributed by atoms with van der Waals surface area (Å²) in [6.45, 7) is 1.82. The summed E-state index contributed by atoms with van der Waals surface area (Å²) in [6.07, 6.45) is -1.48. The maximum absolute atomic E-state index is 13.6. The van der Waals surface area contributed by atoms with E-state index in [1.54, 1.807) is 0 Å². The van der Waals surface area contributed by atoms with Crippen LogP contribution in [0.1, 0.15) is 51.9 Å². The lowest BCUT2D eigenvalue weighted by molar-refractivity contribution is -0.130. The number of carbonyl (C=O) groups is 2. The average molecular weight is 306 g/mol. The lowest BCUT2D eigenvalue weighted by Crippen LogP contribution is -2.31. The fraction of sp³-hybridized carbons (Fsp3) is 0.867. The molecule has 0 aromatic heterocycles. The highest BCUT2D eigenvalue weighted by atomic mass is 19.3. The van der Waals surface area contributed by atoms with Gasteiger partial charge in [-0.05, 0) is 6.42 Å². The third-order valence-corrected chi connectivity index (χ3v) is 4.23. The van der Waals surface area contributed by atoms with Gasteiger partial charge in [0.2, 0.25) is 5.92 Å². The van der Waals surface area contributed by atoms with Crippen molar-refractivity contribution >= 4 is 12.1 Å². The number of aldehydes is 1. The van der Waals surface area contributed by atoms with Crippen molar-refractivity contribution < 1.29 is 28.6 Å². The summed E-state index contributed by atoms with van der Waals surface area (Å²) in [4.78, 5) is 22.7. The summed E-state index contributed by atoms with van der Waals surface area (Å²) in [5, 5.41) is 19.5. The van der Waals surface area contributed by atoms with Crippen LogP contribution < -0.4 is 0 Å². The van der Waals surface area contributed by atoms with Crippen molar-refractivity contribution in [2.24, 2.45) is 11.8 Å². The van der Waals surface area contributed by atoms with Gasteiger partial charge >= 0.3 is 0 Å². The first-order valence-electron chi connectivity index (χ1n) is 7.52. The van der Waals surface area contributed by atoms with Gasteiger partial charge in [0.15, 0.2) is 0 Å². The van der Waals surface area contributed by atoms with Crippen LogP contribution in [0.15, 0.2) is 0 Å². The van der Waals surface area contributed by atoms with Crippen LogP contribution in [0.5, 0.6) is 0 Å². The zero-order chi connectivity index (χ0) is 16.0. The monoisotopic (exact) mass is 306 g/mol. The second-order valence-corrected chi connectivity index (χ2v) is 5.89. The maximum Gasteiger partial charge on any atom is 0.248 e. The van der Waals surface area contributed by atoms with Crippen LogP contribution >= 0.6 is 0 Å². The molecule has 0 unspecified atom stereocenters. The Balaban J connectivity index is 2.59. The highest BCUT2D eigenvalue weighted by Gasteiger charge is 2.45. The van der Waals surface area contributed by atoms with E-state index in [1.165, 1.54) is 0 Å². The second-order valence-electron chi connectivity index (χ2n) is 5.89. The van der Waals surface area contributed by atoms with Gasteiger partial charge in [-0.25, -0.2) is 8.78 Å². The van der Waals surface area contributed by atoms with Gasteiger partial charge in [-0.3, -0.25) is 4.79 Å². The average Bonchev–Trinajstić information content (AvgIpc) is 2.69. The number of hydrogen-bond donors (Lipinski definition) is 2. The molecule has 0 aromatic carbocycles. The van der Waals surface area contributed by atoms with Crippen LogP contribution in [0, 0.1) is 11.8 Å². The third kappa shape index (κ3) is 5.11. The molecule has 0 radical (unpaired) electrons. The molecular formula is C15H24F2O4. The highest BCUT2D eigenvalue weighted by Crippen LogP contribution is 2.37. The van der Waals surface area contributed by atoms with Crippen LogP contribution in [0.25, 0.3) is 0 Å². The third-order valence-electron chi connectivity index (χ3n) is 4.23. The SMILES string of the molecule is CCCCC(F)(F)CCC(=O)[C@H]1[C@H](CC=O)[C@H](O)C[C@@H]1O. The molecule has 0 saturated heterocycles. The first kappa shape index (κ1) is 18.2. The quantitative estimate of drug-likeness (QED) is 0.640. The molecule has 6 heteroatoms. The largest absolute Gasteiger partial charge is 0.393 e. The van der Waals surface area contributed by atoms with Crippen molar-refractivity contribution in [2.45, 2.75) is 70.0 Å². The summed E-state index contributed by atoms with van der Waals surface area (Å²) in [5.41, 5.74) is 0. The molecule has 4 atom stereocenters. The molecule has 1 aliphatic rings. The predicted octanol–water partition coefficient (Wildman–Crippen LogP) is 2.11. The smallest absolute Gasteiger partial charge is 0.248 e. The summed E-state index contributed by atoms with van der Waals surface area (Å²) in [7, 11) is 0. The molecule has 0 heterocycles. The van der Waals surface area contributed by atoms with Gasteiger partial charge in [0, 0.05) is 43.9 Å². The van der Waals surface area contributed by atoms with E-state index in [0.29, 0.717) is 19.1 Å². The molecule has 21 heavy (non-hydrogen) atoms. The number of aliphatic hydroxyl groups excluding tert-OH is 2. The summed E-state index contributed by atoms with van der Waals surface area (Å²) < 4.78 is 27.1. The molecular weight excluding hydrogens is 282 g/mol. The molecule has 122 valence electrons. The first-order chi connectivity index (χ1) is 9.82. The number of aliphatic hydroxyl groups is 2. The molecule has 1 saturated carbocycles. The van der Waals surface area contributed by atoms with E-state index in [9.17, 15) is 28.6 Å². The Labute approximate surface area is 123 Å². The van der Waals surface area contributed by atoms with E-state index in [1.807, 2.05) is 6.92 Å². The standard InChI is InChI=1S/C15H24F2O4/c1-2-3-6-15(16,17)7-4-11(19)14-10(5-8-18)12(20)9-13(14)21/h8,10,12-14,20-21H,2-7,9H2,1H3/t10-,12-,13+,14-/m1/s1. The number of rotatable bonds is 9. The number of ketones is 1. The van der Waals surface area contributed by atoms with E-state index in [-0.39, 0.29) is 25.7 Å². The van der Waals surface area contributed by atoms with Gasteiger partial charge in [-0.1, -0.05) is 13.3 Å². The van der Waals surface area contributed by atoms with Crippen molar-refractivity contribution in [2.75, 3.05) is 0 Å². The van der Waals surface area contributed by atoms with E-state index in [4.69, 9.17) is 0 Å². The lowest BCUT2D eigenvalue weighted by Gasteiger charge is -2.22. The van der Waals surface area contributed by atoms with Gasteiger partial charge in [0.25, 0.3) is 0 Å². The minimum atomic E-state index is -2.88. The lowest BCUT2D eigenvalue weighted by atomic mass is 9.85. The van der Waals surface area contributed by atoms with Gasteiger partial charge in [0.05, 0.1) is 12.2 Å². The molecule has 2 N–H and O–H groups in total. The van der Waals surface area contributed by atoms with Crippen LogP contribution in [0.2, 0.25) is 0 Å². The fourth-order valence-corrected chi connectivity index (χ4v) is 2.99. The second kappa shape index (κ2) is 7.94. The van der Waals surface area contributed by atoms with E-state index in [2.05, 4.69) is 0 Å². The van der Waals surface area contributed by atoms with E-state index >= 15 is 0 Å². The van der Waals surface area contributed by atoms with Crippen molar-refractivity contribution in [3.05, 3.63) is 0 Å². The normalized spacial score (nSPS) is 29.6. The van der Waals surface area contributed by atoms with E-state index in [0.717, 1.165) is 0 Å². The Morgan fingerprint density at radius 3 is 2.52 bits per heavy atom. The molecule has 0 amide bonds. The molecule has 0 bridgehead atoms. The van der Waals surface area contributed by atoms with Crippen LogP contribution in [-0.2, 0) is 9.59 Å². The molecule has 0 aliphatic heterocycles. The topological polar surface area (TPSA) is 74.6 Å². The van der Waals surface area contributed by atoms with Crippen molar-refractivity contribution in [3.8, 4) is 0 Å². The molecule has 4 nitrogen and oxygen atoms in total. The molecule has 0 aromatic rings. The number of Topliss-reactive ketones (excluding diaryl/α,β-unsaturated/α-hetero) is 1. The van der Waals surface area contributed by atoms with Gasteiger partial charge in [-0.2, -0.15) is 0 Å². The molecule has 1 fully saturated rings. The summed E-state index contributed by atoms with van der Waals surface area (Å²) in [6, 6.07) is 0. The maximum atomic E-state index is 13.6. The zero-order valence-corrected chi connectivity index (χ0v) is 12.3. The Morgan fingerprint density at radius 2 is 1.95 bits per heavy atom. The fourth-order valence-electron chi connectivity index (χ4n) is 2.99. The van der Waals surface area contributed by atoms with Gasteiger partial charge in [-0.15, -0.1) is 0 Å². The number of unbranched alkanes of at least 4 members (excludes halogenated alkanes) is 1.